The fourth-order valence-corrected chi connectivity index (χ4v) is 12.5. The second-order valence-corrected chi connectivity index (χ2v) is 26.2. The largest absolute Gasteiger partial charge is 0.404 e. The lowest BCUT2D eigenvalue weighted by Gasteiger charge is -2.41. The van der Waals surface area contributed by atoms with Gasteiger partial charge in [-0.2, -0.15) is 13.2 Å². The van der Waals surface area contributed by atoms with Gasteiger partial charge in [0.15, 0.2) is 0 Å². The number of likely N-dealkylation sites (tertiary alicyclic amines) is 2. The summed E-state index contributed by atoms with van der Waals surface area (Å²) >= 11 is 0. The van der Waals surface area contributed by atoms with E-state index in [9.17, 15) is 61.1 Å². The van der Waals surface area contributed by atoms with Crippen LogP contribution in [-0.2, 0) is 59.2 Å². The molecule has 3 rings (SSSR count). The molecule has 1 aromatic carbocycles. The second kappa shape index (κ2) is 38.6. The highest BCUT2D eigenvalue weighted by Crippen LogP contribution is 2.35. The van der Waals surface area contributed by atoms with Crippen molar-refractivity contribution in [3.05, 3.63) is 29.8 Å². The maximum absolute atomic E-state index is 14.4. The number of halogens is 3. The van der Waals surface area contributed by atoms with Crippen LogP contribution in [0.4, 0.5) is 23.7 Å². The number of carbonyl (C=O) groups is 10. The molecule has 10 N–H and O–H groups in total. The van der Waals surface area contributed by atoms with Crippen molar-refractivity contribution in [3.8, 4) is 0 Å². The Hall–Kier alpha value is -6.65. The second-order valence-electron chi connectivity index (χ2n) is 26.2. The van der Waals surface area contributed by atoms with Crippen LogP contribution in [0.15, 0.2) is 24.3 Å². The molecule has 25 nitrogen and oxygen atoms in total. The monoisotopic (exact) mass is 1320 g/mol. The minimum Gasteiger partial charge on any atom is -0.379 e. The molecule has 93 heavy (non-hydrogen) atoms. The van der Waals surface area contributed by atoms with Crippen molar-refractivity contribution < 1.29 is 70.6 Å². The van der Waals surface area contributed by atoms with Crippen LogP contribution in [0.1, 0.15) is 146 Å². The lowest BCUT2D eigenvalue weighted by Crippen LogP contribution is -2.59. The quantitative estimate of drug-likeness (QED) is 0.0425. The van der Waals surface area contributed by atoms with Gasteiger partial charge in [-0.1, -0.05) is 80.9 Å². The molecule has 0 aliphatic carbocycles. The van der Waals surface area contributed by atoms with Gasteiger partial charge in [0.25, 0.3) is 0 Å². The van der Waals surface area contributed by atoms with Crippen molar-refractivity contribution in [2.75, 3.05) is 73.4 Å². The van der Waals surface area contributed by atoms with Gasteiger partial charge in [0.2, 0.25) is 53.2 Å². The maximum atomic E-state index is 14.4. The molecule has 0 aromatic heterocycles. The molecule has 2 fully saturated rings. The summed E-state index contributed by atoms with van der Waals surface area (Å²) in [5.41, 5.74) is 6.19. The number of rotatable bonds is 37. The number of methoxy groups -OCH3 is 2. The molecule has 2 aliphatic heterocycles. The number of carbonyl (C=O) groups excluding carboxylic acids is 10. The smallest absolute Gasteiger partial charge is 0.379 e. The number of amides is 11. The van der Waals surface area contributed by atoms with E-state index in [2.05, 4.69) is 42.5 Å². The normalized spacial score (nSPS) is 19.4. The summed E-state index contributed by atoms with van der Waals surface area (Å²) in [5.74, 6) is -6.48. The Morgan fingerprint density at radius 3 is 1.91 bits per heavy atom. The van der Waals surface area contributed by atoms with E-state index in [-0.39, 0.29) is 107 Å². The fourth-order valence-electron chi connectivity index (χ4n) is 12.5. The Balaban J connectivity index is 1.63. The van der Waals surface area contributed by atoms with Gasteiger partial charge in [-0.3, -0.25) is 53.0 Å². The van der Waals surface area contributed by atoms with Crippen LogP contribution in [0, 0.1) is 35.5 Å². The number of ether oxygens (including phenoxy) is 2. The number of hydrogen-bond acceptors (Lipinski definition) is 14. The molecule has 1 aromatic rings. The highest BCUT2D eigenvalue weighted by atomic mass is 19.4. The topological polar surface area (TPSA) is 324 Å². The number of nitrogens with two attached hydrogens (primary N) is 1. The molecule has 0 bridgehead atoms. The van der Waals surface area contributed by atoms with Crippen LogP contribution in [0.2, 0.25) is 0 Å². The van der Waals surface area contributed by atoms with Gasteiger partial charge < -0.3 is 67.5 Å². The third kappa shape index (κ3) is 24.6. The van der Waals surface area contributed by atoms with Crippen LogP contribution >= 0.6 is 0 Å². The lowest BCUT2D eigenvalue weighted by molar-refractivity contribution is -0.196. The Labute approximate surface area is 548 Å². The third-order valence-corrected chi connectivity index (χ3v) is 17.9. The number of likely N-dealkylation sites (N-methyl/N-ethyl adjacent to an activating group) is 2. The van der Waals surface area contributed by atoms with Crippen molar-refractivity contribution >= 4 is 64.9 Å². The van der Waals surface area contributed by atoms with Crippen molar-refractivity contribution in [2.24, 2.45) is 41.2 Å². The lowest BCUT2D eigenvalue weighted by atomic mass is 9.89. The molecule has 11 amide bonds. The third-order valence-electron chi connectivity index (χ3n) is 17.9. The fraction of sp³-hybridized carbons (Fsp3) is 0.754. The minimum atomic E-state index is -4.58. The summed E-state index contributed by atoms with van der Waals surface area (Å²) in [7, 11) is 8.33. The first-order valence-electron chi connectivity index (χ1n) is 32.9. The summed E-state index contributed by atoms with van der Waals surface area (Å²) in [5, 5.41) is 21.8. The van der Waals surface area contributed by atoms with E-state index in [0.717, 1.165) is 0 Å². The average molecular weight is 1320 g/mol. The molecule has 28 heteroatoms. The van der Waals surface area contributed by atoms with E-state index < -0.39 is 126 Å². The molecule has 0 radical (unpaired) electrons. The number of piperidine rings is 1. The number of hydrogen-bond donors (Lipinski definition) is 9. The molecule has 528 valence electrons. The predicted molar refractivity (Wildman–Crippen MR) is 347 cm³/mol. The number of primary amides is 1. The van der Waals surface area contributed by atoms with Gasteiger partial charge in [-0.15, -0.1) is 0 Å². The molecular formula is C65H110F3N13O12. The van der Waals surface area contributed by atoms with Crippen molar-refractivity contribution in [2.45, 2.75) is 214 Å². The number of anilines is 1. The summed E-state index contributed by atoms with van der Waals surface area (Å²) in [6.45, 7) is 20.7. The van der Waals surface area contributed by atoms with Gasteiger partial charge in [0, 0.05) is 65.5 Å². The van der Waals surface area contributed by atoms with Crippen LogP contribution in [0.3, 0.4) is 0 Å². The van der Waals surface area contributed by atoms with Gasteiger partial charge in [-0.05, 0) is 127 Å². The van der Waals surface area contributed by atoms with E-state index in [1.54, 1.807) is 68.8 Å². The Bertz CT molecular complexity index is 2610. The number of benzene rings is 1. The molecule has 2 aliphatic rings. The number of alkyl halides is 3. The molecule has 0 saturated carbocycles. The molecular weight excluding hydrogens is 1210 g/mol. The Morgan fingerprint density at radius 1 is 0.720 bits per heavy atom. The molecule has 13 atom stereocenters. The summed E-state index contributed by atoms with van der Waals surface area (Å²) in [6, 6.07) is -1.76. The van der Waals surface area contributed by atoms with Gasteiger partial charge in [0.05, 0.1) is 42.7 Å². The van der Waals surface area contributed by atoms with Crippen molar-refractivity contribution in [1.29, 1.82) is 0 Å². The molecule has 2 saturated heterocycles. The zero-order chi connectivity index (χ0) is 70.2. The van der Waals surface area contributed by atoms with Gasteiger partial charge in [0.1, 0.15) is 30.2 Å². The van der Waals surface area contributed by atoms with E-state index in [4.69, 9.17) is 15.2 Å². The van der Waals surface area contributed by atoms with E-state index in [1.807, 2.05) is 60.5 Å². The highest BCUT2D eigenvalue weighted by molar-refractivity contribution is 5.98. The highest BCUT2D eigenvalue weighted by Gasteiger charge is 2.48. The zero-order valence-corrected chi connectivity index (χ0v) is 57.8. The van der Waals surface area contributed by atoms with E-state index >= 15 is 0 Å². The van der Waals surface area contributed by atoms with Crippen LogP contribution in [-0.4, -0.2) is 214 Å². The Kier molecular flexibility index (Phi) is 33.5. The average Bonchev–Trinajstić information content (AvgIpc) is 1.78. The maximum Gasteiger partial charge on any atom is 0.404 e. The first kappa shape index (κ1) is 80.6. The molecule has 2 heterocycles. The van der Waals surface area contributed by atoms with Crippen LogP contribution in [0.25, 0.3) is 0 Å². The summed E-state index contributed by atoms with van der Waals surface area (Å²) in [6.07, 6.45) is -4.29. The standard InChI is InChI=1S/C65H110F3N13O12/c1-17-40(9)55(79(14)63(90)53(38(5)6)77-62(89)54(39(7)8)78(12)13)48(92-15)35-51(83)81-32-20-23-47(81)56(93-16)41(10)57(84)73-42(11)58(85)72-36-43-25-27-45(28-26-43)74-60(87)46(22-19-30-71-64(69)91)75-61(88)52(37(3)4)76-50(82)24-21-31-80-33-29-44(59(86)70-18-2)34-49(80)65(66,67)68/h25-28,37-42,44,46-49,52-56H,17-24,29-36H2,1-16H3,(H,70,86)(H,72,85)(H,73,84)(H,74,87)(H,75,88)(H,76,82)(H,77,89)(H3,69,71,91)/t40-,41+,42-,44?,46-,47-,48+,49?,52-,53-,54-,55-,56+/m0/s1. The van der Waals surface area contributed by atoms with Gasteiger partial charge in [-0.25, -0.2) is 4.79 Å². The minimum absolute atomic E-state index is 0.00788. The first-order chi connectivity index (χ1) is 43.6. The summed E-state index contributed by atoms with van der Waals surface area (Å²) in [4.78, 5) is 141. The number of nitrogens with one attached hydrogen (secondary N) is 8. The van der Waals surface area contributed by atoms with Crippen LogP contribution in [0.5, 0.6) is 0 Å². The molecule has 0 spiro atoms. The van der Waals surface area contributed by atoms with Crippen LogP contribution < -0.4 is 48.3 Å². The number of nitrogens with zero attached hydrogens (tertiary/aromatic N) is 4. The summed E-state index contributed by atoms with van der Waals surface area (Å²) < 4.78 is 54.3. The first-order valence-corrected chi connectivity index (χ1v) is 32.9. The van der Waals surface area contributed by atoms with E-state index in [1.165, 1.54) is 26.0 Å². The van der Waals surface area contributed by atoms with Crippen molar-refractivity contribution in [3.63, 3.8) is 0 Å². The zero-order valence-electron chi connectivity index (χ0n) is 57.8. The van der Waals surface area contributed by atoms with E-state index in [0.29, 0.717) is 43.6 Å². The predicted octanol–water partition coefficient (Wildman–Crippen LogP) is 4.03. The molecule has 2 unspecified atom stereocenters. The SMILES string of the molecule is CCNC(=O)C1CCN(CCCC(=O)N[C@H](C(=O)N[C@@H](CCCNC(N)=O)C(=O)Nc2ccc(CNC(=O)[C@H](C)NC(=O)[C@H](C)[C@@H](OC)[C@@H]3CCCN3C(=O)C[C@@H](OC)[C@H]([C@@H](C)CC)N(C)C(=O)[C@@H](NC(=O)[C@H](C(C)C)N(C)C)C(C)C)cc2)C(C)C)C(C(F)(F)F)C1. The van der Waals surface area contributed by atoms with Gasteiger partial charge >= 0.3 is 12.2 Å². The Morgan fingerprint density at radius 2 is 1.37 bits per heavy atom. The van der Waals surface area contributed by atoms with Crippen molar-refractivity contribution in [1.82, 2.24) is 56.8 Å². The number of urea groups is 1.